The molecule has 2 aromatic rings. The second-order valence-corrected chi connectivity index (χ2v) is 9.28. The van der Waals surface area contributed by atoms with Crippen molar-refractivity contribution in [1.82, 2.24) is 4.31 Å². The highest BCUT2D eigenvalue weighted by Crippen LogP contribution is 2.34. The summed E-state index contributed by atoms with van der Waals surface area (Å²) in [6.07, 6.45) is -2.06. The van der Waals surface area contributed by atoms with Crippen LogP contribution >= 0.6 is 11.6 Å². The van der Waals surface area contributed by atoms with E-state index < -0.39 is 40.0 Å². The highest BCUT2D eigenvalue weighted by Gasteiger charge is 2.33. The molecule has 31 heavy (non-hydrogen) atoms. The number of hydrogen-bond donors (Lipinski definition) is 1. The molecule has 0 aliphatic carbocycles. The molecule has 1 saturated heterocycles. The van der Waals surface area contributed by atoms with Crippen molar-refractivity contribution in [3.63, 3.8) is 0 Å². The Morgan fingerprint density at radius 3 is 2.42 bits per heavy atom. The number of rotatable bonds is 6. The van der Waals surface area contributed by atoms with E-state index in [9.17, 15) is 26.4 Å². The number of nitrogens with one attached hydrogen (secondary N) is 1. The summed E-state index contributed by atoms with van der Waals surface area (Å²) in [6.45, 7) is 0.277. The number of piperidine rings is 1. The number of carbonyl (C=O) groups excluding carboxylic acids is 1. The number of amides is 1. The molecule has 0 saturated carbocycles. The molecule has 0 radical (unpaired) electrons. The van der Waals surface area contributed by atoms with Crippen LogP contribution in [0.3, 0.4) is 0 Å². The van der Waals surface area contributed by atoms with E-state index in [2.05, 4.69) is 5.32 Å². The third-order valence-corrected chi connectivity index (χ3v) is 6.91. The van der Waals surface area contributed by atoms with Gasteiger partial charge in [-0.05, 0) is 43.2 Å². The largest absolute Gasteiger partial charge is 0.482 e. The Hall–Kier alpha value is -2.30. The molecule has 1 fully saturated rings. The average molecular weight is 477 g/mol. The fourth-order valence-corrected chi connectivity index (χ4v) is 5.03. The van der Waals surface area contributed by atoms with Crippen LogP contribution in [0.4, 0.5) is 18.9 Å². The first-order valence-electron chi connectivity index (χ1n) is 9.47. The Morgan fingerprint density at radius 1 is 1.10 bits per heavy atom. The lowest BCUT2D eigenvalue weighted by atomic mass is 10.1. The molecule has 0 bridgehead atoms. The number of halogens is 4. The molecule has 0 aromatic heterocycles. The average Bonchev–Trinajstić information content (AvgIpc) is 2.73. The molecule has 0 spiro atoms. The quantitative estimate of drug-likeness (QED) is 0.663. The normalized spacial score (nSPS) is 15.5. The number of carbonyl (C=O) groups is 1. The predicted molar refractivity (Wildman–Crippen MR) is 110 cm³/mol. The summed E-state index contributed by atoms with van der Waals surface area (Å²) in [5, 5.41) is 2.13. The van der Waals surface area contributed by atoms with Crippen molar-refractivity contribution in [1.29, 1.82) is 0 Å². The first kappa shape index (κ1) is 23.4. The monoisotopic (exact) mass is 476 g/mol. The van der Waals surface area contributed by atoms with Gasteiger partial charge >= 0.3 is 6.18 Å². The standard InChI is InChI=1S/C20H20ClF3N2O4S/c21-16-12-14(31(28,29)26-10-4-1-5-11-26)8-9-18(16)30-13-19(27)25-17-7-3-2-6-15(17)20(22,23)24/h2-3,6-9,12H,1,4-5,10-11,13H2,(H,25,27). The van der Waals surface area contributed by atoms with Gasteiger partial charge in [-0.25, -0.2) is 8.42 Å². The number of para-hydroxylation sites is 1. The van der Waals surface area contributed by atoms with Gasteiger partial charge in [-0.2, -0.15) is 17.5 Å². The summed E-state index contributed by atoms with van der Waals surface area (Å²) in [4.78, 5) is 12.1. The van der Waals surface area contributed by atoms with Crippen LogP contribution in [0.2, 0.25) is 5.02 Å². The highest BCUT2D eigenvalue weighted by molar-refractivity contribution is 7.89. The van der Waals surface area contributed by atoms with E-state index in [0.717, 1.165) is 31.4 Å². The summed E-state index contributed by atoms with van der Waals surface area (Å²) in [5.41, 5.74) is -1.37. The maximum absolute atomic E-state index is 13.0. The number of anilines is 1. The molecule has 2 aromatic carbocycles. The first-order chi connectivity index (χ1) is 14.6. The second-order valence-electron chi connectivity index (χ2n) is 6.94. The second kappa shape index (κ2) is 9.46. The van der Waals surface area contributed by atoms with E-state index in [0.29, 0.717) is 13.1 Å². The summed E-state index contributed by atoms with van der Waals surface area (Å²) in [7, 11) is -3.68. The van der Waals surface area contributed by atoms with Crippen LogP contribution < -0.4 is 10.1 Å². The van der Waals surface area contributed by atoms with E-state index in [1.807, 2.05) is 0 Å². The minimum Gasteiger partial charge on any atom is -0.482 e. The SMILES string of the molecule is O=C(COc1ccc(S(=O)(=O)N2CCCCC2)cc1Cl)Nc1ccccc1C(F)(F)F. The van der Waals surface area contributed by atoms with Gasteiger partial charge in [0.15, 0.2) is 6.61 Å². The molecule has 11 heteroatoms. The Kier molecular flexibility index (Phi) is 7.13. The van der Waals surface area contributed by atoms with Crippen LogP contribution in [0.5, 0.6) is 5.75 Å². The number of nitrogens with zero attached hydrogens (tertiary/aromatic N) is 1. The fourth-order valence-electron chi connectivity index (χ4n) is 3.18. The van der Waals surface area contributed by atoms with Crippen LogP contribution in [0.15, 0.2) is 47.4 Å². The van der Waals surface area contributed by atoms with Gasteiger partial charge in [-0.1, -0.05) is 30.2 Å². The van der Waals surface area contributed by atoms with E-state index in [1.54, 1.807) is 0 Å². The molecule has 1 heterocycles. The summed E-state index contributed by atoms with van der Waals surface area (Å²) < 4.78 is 71.1. The lowest BCUT2D eigenvalue weighted by Crippen LogP contribution is -2.35. The number of hydrogen-bond acceptors (Lipinski definition) is 4. The third kappa shape index (κ3) is 5.69. The van der Waals surface area contributed by atoms with Crippen LogP contribution in [-0.4, -0.2) is 38.3 Å². The van der Waals surface area contributed by atoms with Crippen molar-refractivity contribution < 1.29 is 31.1 Å². The van der Waals surface area contributed by atoms with Crippen LogP contribution in [0.25, 0.3) is 0 Å². The summed E-state index contributed by atoms with van der Waals surface area (Å²) in [6, 6.07) is 8.44. The Balaban J connectivity index is 1.66. The zero-order valence-corrected chi connectivity index (χ0v) is 17.9. The Labute approximate surface area is 183 Å². The minimum absolute atomic E-state index is 0.00954. The van der Waals surface area contributed by atoms with Crippen LogP contribution in [0.1, 0.15) is 24.8 Å². The van der Waals surface area contributed by atoms with Crippen molar-refractivity contribution in [2.24, 2.45) is 0 Å². The Morgan fingerprint density at radius 2 is 1.77 bits per heavy atom. The van der Waals surface area contributed by atoms with Gasteiger partial charge in [-0.3, -0.25) is 4.79 Å². The molecular weight excluding hydrogens is 457 g/mol. The van der Waals surface area contributed by atoms with Crippen molar-refractivity contribution in [3.8, 4) is 5.75 Å². The van der Waals surface area contributed by atoms with Gasteiger partial charge in [0.2, 0.25) is 10.0 Å². The van der Waals surface area contributed by atoms with E-state index in [-0.39, 0.29) is 15.7 Å². The third-order valence-electron chi connectivity index (χ3n) is 4.72. The lowest BCUT2D eigenvalue weighted by Gasteiger charge is -2.26. The van der Waals surface area contributed by atoms with Crippen LogP contribution in [0, 0.1) is 0 Å². The molecule has 0 atom stereocenters. The molecule has 3 rings (SSSR count). The number of alkyl halides is 3. The first-order valence-corrected chi connectivity index (χ1v) is 11.3. The maximum Gasteiger partial charge on any atom is 0.418 e. The molecule has 6 nitrogen and oxygen atoms in total. The van der Waals surface area contributed by atoms with Crippen LogP contribution in [-0.2, 0) is 21.0 Å². The number of benzene rings is 2. The van der Waals surface area contributed by atoms with Gasteiger partial charge in [0.05, 0.1) is 21.2 Å². The molecule has 1 amide bonds. The molecule has 1 N–H and O–H groups in total. The lowest BCUT2D eigenvalue weighted by molar-refractivity contribution is -0.137. The summed E-state index contributed by atoms with van der Waals surface area (Å²) >= 11 is 6.11. The van der Waals surface area contributed by atoms with E-state index in [1.165, 1.54) is 34.6 Å². The number of ether oxygens (including phenoxy) is 1. The topological polar surface area (TPSA) is 75.7 Å². The van der Waals surface area contributed by atoms with E-state index in [4.69, 9.17) is 16.3 Å². The highest BCUT2D eigenvalue weighted by atomic mass is 35.5. The van der Waals surface area contributed by atoms with Gasteiger partial charge in [0.25, 0.3) is 5.91 Å². The molecule has 0 unspecified atom stereocenters. The van der Waals surface area contributed by atoms with Crippen molar-refractivity contribution in [2.45, 2.75) is 30.3 Å². The van der Waals surface area contributed by atoms with Gasteiger partial charge in [-0.15, -0.1) is 0 Å². The fraction of sp³-hybridized carbons (Fsp3) is 0.350. The van der Waals surface area contributed by atoms with Gasteiger partial charge in [0.1, 0.15) is 5.75 Å². The number of sulfonamides is 1. The van der Waals surface area contributed by atoms with Crippen molar-refractivity contribution in [2.75, 3.05) is 25.0 Å². The molecule has 168 valence electrons. The zero-order chi connectivity index (χ0) is 22.6. The minimum atomic E-state index is -4.62. The van der Waals surface area contributed by atoms with Gasteiger partial charge in [0, 0.05) is 13.1 Å². The smallest absolute Gasteiger partial charge is 0.418 e. The zero-order valence-electron chi connectivity index (χ0n) is 16.3. The molecule has 1 aliphatic rings. The summed E-state index contributed by atoms with van der Waals surface area (Å²) in [5.74, 6) is -0.781. The van der Waals surface area contributed by atoms with Gasteiger partial charge < -0.3 is 10.1 Å². The van der Waals surface area contributed by atoms with Crippen molar-refractivity contribution in [3.05, 3.63) is 53.1 Å². The predicted octanol–water partition coefficient (Wildman–Crippen LogP) is 4.55. The Bertz CT molecular complexity index is 1050. The maximum atomic E-state index is 13.0. The van der Waals surface area contributed by atoms with E-state index >= 15 is 0 Å². The molecule has 1 aliphatic heterocycles. The van der Waals surface area contributed by atoms with Crippen molar-refractivity contribution >= 4 is 33.2 Å². The molecular formula is C20H20ClF3N2O4S.